The number of rotatable bonds is 3. The second-order valence-electron chi connectivity index (χ2n) is 5.03. The molecule has 0 bridgehead atoms. The van der Waals surface area contributed by atoms with Crippen molar-refractivity contribution in [1.82, 2.24) is 9.91 Å². The van der Waals surface area contributed by atoms with Crippen LogP contribution in [0.3, 0.4) is 0 Å². The quantitative estimate of drug-likeness (QED) is 0.345. The van der Waals surface area contributed by atoms with Gasteiger partial charge in [-0.3, -0.25) is 4.79 Å². The minimum Gasteiger partial charge on any atom is -0.442 e. The van der Waals surface area contributed by atoms with Crippen molar-refractivity contribution >= 4 is 34.3 Å². The van der Waals surface area contributed by atoms with E-state index in [-0.39, 0.29) is 10.7 Å². The maximum Gasteiger partial charge on any atom is 0.435 e. The molecule has 2 amide bonds. The third-order valence-electron chi connectivity index (χ3n) is 2.24. The highest BCUT2D eigenvalue weighted by molar-refractivity contribution is 9.10. The first-order valence-electron chi connectivity index (χ1n) is 5.88. The Kier molecular flexibility index (Phi) is 5.11. The van der Waals surface area contributed by atoms with Crippen LogP contribution in [0.2, 0.25) is 0 Å². The molecule has 0 saturated carbocycles. The van der Waals surface area contributed by atoms with Crippen LogP contribution in [-0.2, 0) is 9.53 Å². The Morgan fingerprint density at radius 1 is 1.63 bits per heavy atom. The number of hydrogen-bond acceptors (Lipinski definition) is 4. The molecule has 0 aliphatic carbocycles. The predicted octanol–water partition coefficient (Wildman–Crippen LogP) is 2.31. The Morgan fingerprint density at radius 2 is 2.26 bits per heavy atom. The number of ether oxygens (including phenoxy) is 1. The van der Waals surface area contributed by atoms with E-state index in [2.05, 4.69) is 27.6 Å². The van der Waals surface area contributed by atoms with Gasteiger partial charge in [0.25, 0.3) is 0 Å². The van der Waals surface area contributed by atoms with E-state index in [1.165, 1.54) is 17.4 Å². The van der Waals surface area contributed by atoms with Gasteiger partial charge in [0.05, 0.1) is 4.83 Å². The van der Waals surface area contributed by atoms with Crippen LogP contribution in [0.4, 0.5) is 4.79 Å². The normalized spacial score (nSPS) is 19.9. The van der Waals surface area contributed by atoms with E-state index >= 15 is 0 Å². The molecule has 0 aromatic heterocycles. The average Bonchev–Trinajstić information content (AvgIpc) is 2.59. The summed E-state index contributed by atoms with van der Waals surface area (Å²) in [6.45, 7) is 9.33. The fraction of sp³-hybridized carbons (Fsp3) is 0.583. The van der Waals surface area contributed by atoms with Gasteiger partial charge in [-0.1, -0.05) is 22.5 Å². The summed E-state index contributed by atoms with van der Waals surface area (Å²) < 4.78 is 5.14. The van der Waals surface area contributed by atoms with Crippen molar-refractivity contribution in [2.75, 3.05) is 6.54 Å². The van der Waals surface area contributed by atoms with Crippen molar-refractivity contribution in [2.45, 2.75) is 37.6 Å². The van der Waals surface area contributed by atoms with Crippen LogP contribution in [0.5, 0.6) is 0 Å². The maximum absolute atomic E-state index is 11.7. The number of hydrogen-bond donors (Lipinski definition) is 0. The van der Waals surface area contributed by atoms with Gasteiger partial charge >= 0.3 is 6.09 Å². The molecule has 0 aromatic carbocycles. The minimum absolute atomic E-state index is 0.0723. The summed E-state index contributed by atoms with van der Waals surface area (Å²) in [6.07, 6.45) is 2.62. The van der Waals surface area contributed by atoms with Gasteiger partial charge in [0.15, 0.2) is 0 Å². The fourth-order valence-electron chi connectivity index (χ4n) is 1.38. The van der Waals surface area contributed by atoms with Crippen LogP contribution in [0.25, 0.3) is 0 Å². The molecule has 1 rings (SSSR count). The fourth-order valence-corrected chi connectivity index (χ4v) is 1.84. The molecule has 106 valence electrons. The zero-order valence-electron chi connectivity index (χ0n) is 11.3. The summed E-state index contributed by atoms with van der Waals surface area (Å²) in [5, 5.41) is 4.85. The minimum atomic E-state index is -0.638. The Morgan fingerprint density at radius 3 is 2.68 bits per heavy atom. The smallest absolute Gasteiger partial charge is 0.435 e. The first-order valence-corrected chi connectivity index (χ1v) is 6.79. The van der Waals surface area contributed by atoms with Crippen molar-refractivity contribution in [1.29, 1.82) is 0 Å². The predicted molar refractivity (Wildman–Crippen MR) is 75.8 cm³/mol. The largest absolute Gasteiger partial charge is 0.442 e. The highest BCUT2D eigenvalue weighted by Crippen LogP contribution is 2.17. The highest BCUT2D eigenvalue weighted by Gasteiger charge is 2.28. The Labute approximate surface area is 121 Å². The van der Waals surface area contributed by atoms with Gasteiger partial charge in [-0.15, -0.1) is 0 Å². The first-order chi connectivity index (χ1) is 8.74. The monoisotopic (exact) mass is 331 g/mol. The SMILES string of the molecule is C=CN(/N=C\N1CCC(Br)C1=O)C(=O)OC(C)(C)C. The number of halogens is 1. The molecule has 0 spiro atoms. The summed E-state index contributed by atoms with van der Waals surface area (Å²) in [5.41, 5.74) is -0.613. The van der Waals surface area contributed by atoms with Crippen molar-refractivity contribution in [3.63, 3.8) is 0 Å². The molecule has 0 aromatic rings. The van der Waals surface area contributed by atoms with E-state index in [4.69, 9.17) is 4.74 Å². The molecule has 6 nitrogen and oxygen atoms in total. The molecule has 1 saturated heterocycles. The molecular formula is C12H18BrN3O3. The van der Waals surface area contributed by atoms with Gasteiger partial charge in [-0.05, 0) is 27.2 Å². The van der Waals surface area contributed by atoms with Crippen LogP contribution in [0, 0.1) is 0 Å². The van der Waals surface area contributed by atoms with Crippen LogP contribution < -0.4 is 0 Å². The highest BCUT2D eigenvalue weighted by atomic mass is 79.9. The number of alkyl halides is 1. The molecule has 19 heavy (non-hydrogen) atoms. The maximum atomic E-state index is 11.7. The zero-order chi connectivity index (χ0) is 14.6. The molecular weight excluding hydrogens is 314 g/mol. The summed E-state index contributed by atoms with van der Waals surface area (Å²) in [6, 6.07) is 0. The molecule has 7 heteroatoms. The molecule has 0 N–H and O–H groups in total. The van der Waals surface area contributed by atoms with Crippen LogP contribution in [0.15, 0.2) is 17.9 Å². The summed E-state index contributed by atoms with van der Waals surface area (Å²) in [4.78, 5) is 24.6. The number of carbonyl (C=O) groups is 2. The number of amides is 2. The topological polar surface area (TPSA) is 62.2 Å². The summed E-state index contributed by atoms with van der Waals surface area (Å²) >= 11 is 3.26. The third kappa shape index (κ3) is 4.66. The van der Waals surface area contributed by atoms with Crippen LogP contribution in [-0.4, -0.2) is 45.2 Å². The lowest BCUT2D eigenvalue weighted by Crippen LogP contribution is -2.32. The Bertz CT molecular complexity index is 404. The lowest BCUT2D eigenvalue weighted by Gasteiger charge is -2.22. The van der Waals surface area contributed by atoms with Gasteiger partial charge < -0.3 is 9.64 Å². The van der Waals surface area contributed by atoms with Crippen molar-refractivity contribution in [3.05, 3.63) is 12.8 Å². The van der Waals surface area contributed by atoms with Crippen molar-refractivity contribution in [2.24, 2.45) is 5.10 Å². The van der Waals surface area contributed by atoms with E-state index in [9.17, 15) is 9.59 Å². The standard InChI is InChI=1S/C12H18BrN3O3/c1-5-16(11(18)19-12(2,3)4)14-8-15-7-6-9(13)10(15)17/h5,8-9H,1,6-7H2,2-4H3/b14-8-. The first kappa shape index (κ1) is 15.7. The molecule has 0 radical (unpaired) electrons. The molecule has 1 fully saturated rings. The van der Waals surface area contributed by atoms with Gasteiger partial charge in [0.1, 0.15) is 11.9 Å². The van der Waals surface area contributed by atoms with Crippen LogP contribution in [0.1, 0.15) is 27.2 Å². The van der Waals surface area contributed by atoms with E-state index in [0.717, 1.165) is 5.01 Å². The van der Waals surface area contributed by atoms with Gasteiger partial charge in [-0.2, -0.15) is 10.1 Å². The number of nitrogens with zero attached hydrogens (tertiary/aromatic N) is 3. The number of carbonyl (C=O) groups excluding carboxylic acids is 2. The van der Waals surface area contributed by atoms with E-state index in [1.807, 2.05) is 0 Å². The second kappa shape index (κ2) is 6.18. The average molecular weight is 332 g/mol. The van der Waals surface area contributed by atoms with E-state index < -0.39 is 11.7 Å². The molecule has 1 aliphatic heterocycles. The van der Waals surface area contributed by atoms with Gasteiger partial charge in [0, 0.05) is 12.7 Å². The van der Waals surface area contributed by atoms with E-state index in [1.54, 1.807) is 20.8 Å². The number of likely N-dealkylation sites (tertiary alicyclic amines) is 1. The van der Waals surface area contributed by atoms with Crippen LogP contribution >= 0.6 is 15.9 Å². The van der Waals surface area contributed by atoms with Crippen molar-refractivity contribution in [3.8, 4) is 0 Å². The lowest BCUT2D eigenvalue weighted by molar-refractivity contribution is -0.123. The molecule has 1 atom stereocenters. The molecule has 1 heterocycles. The molecule has 1 aliphatic rings. The Balaban J connectivity index is 2.64. The Hall–Kier alpha value is -1.37. The van der Waals surface area contributed by atoms with Gasteiger partial charge in [0.2, 0.25) is 5.91 Å². The lowest BCUT2D eigenvalue weighted by atomic mass is 10.2. The number of hydrazone groups is 1. The summed E-state index contributed by atoms with van der Waals surface area (Å²) in [5.74, 6) is -0.0723. The van der Waals surface area contributed by atoms with E-state index in [0.29, 0.717) is 13.0 Å². The zero-order valence-corrected chi connectivity index (χ0v) is 12.9. The molecule has 1 unspecified atom stereocenters. The second-order valence-corrected chi connectivity index (χ2v) is 6.13. The van der Waals surface area contributed by atoms with Gasteiger partial charge in [-0.25, -0.2) is 4.79 Å². The van der Waals surface area contributed by atoms with Crippen molar-refractivity contribution < 1.29 is 14.3 Å². The summed E-state index contributed by atoms with van der Waals surface area (Å²) in [7, 11) is 0. The third-order valence-corrected chi connectivity index (χ3v) is 3.09.